The molecule has 33 heavy (non-hydrogen) atoms. The zero-order valence-corrected chi connectivity index (χ0v) is 19.5. The van der Waals surface area contributed by atoms with Gasteiger partial charge in [0.15, 0.2) is 22.4 Å². The highest BCUT2D eigenvalue weighted by Gasteiger charge is 2.19. The van der Waals surface area contributed by atoms with Gasteiger partial charge >= 0.3 is 0 Å². The zero-order valence-electron chi connectivity index (χ0n) is 18.6. The number of rotatable bonds is 8. The Kier molecular flexibility index (Phi) is 6.79. The summed E-state index contributed by atoms with van der Waals surface area (Å²) in [5, 5.41) is 1.06. The normalized spacial score (nSPS) is 11.8. The number of nitrogens with zero attached hydrogens (tertiary/aromatic N) is 2. The Hall–Kier alpha value is -3.58. The number of hydrogen-bond acceptors (Lipinski definition) is 6. The SMILES string of the molecule is COc1ccc(C(=O)CSc2nc3ccccc3c(=O)n2[C@H](C)c2ccccc2)cc1OC. The van der Waals surface area contributed by atoms with Crippen molar-refractivity contribution in [3.8, 4) is 11.5 Å². The number of para-hydroxylation sites is 1. The second-order valence-corrected chi connectivity index (χ2v) is 8.40. The lowest BCUT2D eigenvalue weighted by Gasteiger charge is -2.20. The van der Waals surface area contributed by atoms with Crippen LogP contribution in [0.1, 0.15) is 28.9 Å². The molecule has 0 unspecified atom stereocenters. The van der Waals surface area contributed by atoms with E-state index >= 15 is 0 Å². The Balaban J connectivity index is 1.70. The zero-order chi connectivity index (χ0) is 23.4. The van der Waals surface area contributed by atoms with Crippen LogP contribution in [-0.4, -0.2) is 35.3 Å². The van der Waals surface area contributed by atoms with Crippen molar-refractivity contribution >= 4 is 28.4 Å². The lowest BCUT2D eigenvalue weighted by atomic mass is 10.1. The lowest BCUT2D eigenvalue weighted by Crippen LogP contribution is -2.27. The fraction of sp³-hybridized carbons (Fsp3) is 0.192. The minimum Gasteiger partial charge on any atom is -0.493 e. The molecule has 0 saturated heterocycles. The summed E-state index contributed by atoms with van der Waals surface area (Å²) in [6.45, 7) is 1.97. The number of thioether (sulfide) groups is 1. The maximum atomic E-state index is 13.4. The molecule has 3 aromatic carbocycles. The van der Waals surface area contributed by atoms with E-state index in [0.717, 1.165) is 5.56 Å². The van der Waals surface area contributed by atoms with Gasteiger partial charge in [0, 0.05) is 5.56 Å². The van der Waals surface area contributed by atoms with Crippen LogP contribution in [0.3, 0.4) is 0 Å². The van der Waals surface area contributed by atoms with Gasteiger partial charge < -0.3 is 9.47 Å². The van der Waals surface area contributed by atoms with Crippen molar-refractivity contribution in [3.63, 3.8) is 0 Å². The summed E-state index contributed by atoms with van der Waals surface area (Å²) in [5.74, 6) is 1.08. The Bertz CT molecular complexity index is 1350. The number of aromatic nitrogens is 2. The molecule has 0 N–H and O–H groups in total. The molecule has 0 radical (unpaired) electrons. The van der Waals surface area contributed by atoms with Gasteiger partial charge in [0.1, 0.15) is 0 Å². The molecule has 7 heteroatoms. The second-order valence-electron chi connectivity index (χ2n) is 7.45. The molecular weight excluding hydrogens is 436 g/mol. The highest BCUT2D eigenvalue weighted by molar-refractivity contribution is 7.99. The Morgan fingerprint density at radius 2 is 1.67 bits per heavy atom. The smallest absolute Gasteiger partial charge is 0.262 e. The molecule has 1 heterocycles. The number of carbonyl (C=O) groups is 1. The third-order valence-corrected chi connectivity index (χ3v) is 6.44. The van der Waals surface area contributed by atoms with E-state index in [1.54, 1.807) is 35.9 Å². The van der Waals surface area contributed by atoms with Gasteiger partial charge in [-0.1, -0.05) is 54.2 Å². The quantitative estimate of drug-likeness (QED) is 0.209. The van der Waals surface area contributed by atoms with Crippen molar-refractivity contribution in [1.82, 2.24) is 9.55 Å². The molecule has 0 aliphatic heterocycles. The van der Waals surface area contributed by atoms with Crippen LogP contribution in [0.2, 0.25) is 0 Å². The van der Waals surface area contributed by atoms with Crippen LogP contribution in [0.15, 0.2) is 82.7 Å². The molecule has 6 nitrogen and oxygen atoms in total. The Morgan fingerprint density at radius 3 is 2.39 bits per heavy atom. The highest BCUT2D eigenvalue weighted by Crippen LogP contribution is 2.29. The fourth-order valence-corrected chi connectivity index (χ4v) is 4.64. The maximum Gasteiger partial charge on any atom is 0.262 e. The van der Waals surface area contributed by atoms with Crippen molar-refractivity contribution in [2.45, 2.75) is 18.1 Å². The van der Waals surface area contributed by atoms with E-state index in [-0.39, 0.29) is 23.1 Å². The molecule has 0 spiro atoms. The number of ether oxygens (including phenoxy) is 2. The number of hydrogen-bond donors (Lipinski definition) is 0. The van der Waals surface area contributed by atoms with Crippen LogP contribution >= 0.6 is 11.8 Å². The average Bonchev–Trinajstić information content (AvgIpc) is 2.87. The number of fused-ring (bicyclic) bond motifs is 1. The summed E-state index contributed by atoms with van der Waals surface area (Å²) in [6.07, 6.45) is 0. The summed E-state index contributed by atoms with van der Waals surface area (Å²) in [6, 6.07) is 21.9. The molecule has 0 bridgehead atoms. The molecule has 1 aromatic heterocycles. The number of benzene rings is 3. The molecule has 4 rings (SSSR count). The summed E-state index contributed by atoms with van der Waals surface area (Å²) in [7, 11) is 3.08. The first-order valence-corrected chi connectivity index (χ1v) is 11.5. The van der Waals surface area contributed by atoms with Gasteiger partial charge in [-0.3, -0.25) is 14.2 Å². The molecule has 4 aromatic rings. The molecule has 0 aliphatic rings. The maximum absolute atomic E-state index is 13.4. The molecule has 168 valence electrons. The largest absolute Gasteiger partial charge is 0.493 e. The number of Topliss-reactive ketones (excluding diaryl/α,β-unsaturated/α-hetero) is 1. The van der Waals surface area contributed by atoms with E-state index in [0.29, 0.717) is 33.1 Å². The van der Waals surface area contributed by atoms with Crippen molar-refractivity contribution in [2.75, 3.05) is 20.0 Å². The van der Waals surface area contributed by atoms with Gasteiger partial charge in [-0.05, 0) is 42.8 Å². The average molecular weight is 461 g/mol. The molecular formula is C26H24N2O4S. The molecule has 0 saturated carbocycles. The topological polar surface area (TPSA) is 70.4 Å². The molecule has 0 amide bonds. The number of methoxy groups -OCH3 is 2. The summed E-state index contributed by atoms with van der Waals surface area (Å²) in [5.41, 5.74) is 1.98. The van der Waals surface area contributed by atoms with Crippen LogP contribution in [-0.2, 0) is 0 Å². The van der Waals surface area contributed by atoms with Crippen molar-refractivity contribution in [2.24, 2.45) is 0 Å². The van der Waals surface area contributed by atoms with Crippen LogP contribution in [0.4, 0.5) is 0 Å². The van der Waals surface area contributed by atoms with E-state index in [1.807, 2.05) is 55.5 Å². The van der Waals surface area contributed by atoms with Crippen LogP contribution < -0.4 is 15.0 Å². The Morgan fingerprint density at radius 1 is 0.970 bits per heavy atom. The molecule has 0 aliphatic carbocycles. The summed E-state index contributed by atoms with van der Waals surface area (Å²) < 4.78 is 12.2. The second kappa shape index (κ2) is 9.92. The minimum absolute atomic E-state index is 0.0951. The van der Waals surface area contributed by atoms with Crippen LogP contribution in [0.5, 0.6) is 11.5 Å². The Labute approximate surface area is 196 Å². The van der Waals surface area contributed by atoms with Crippen molar-refractivity contribution in [3.05, 3.63) is 94.3 Å². The van der Waals surface area contributed by atoms with E-state index in [2.05, 4.69) is 0 Å². The van der Waals surface area contributed by atoms with Gasteiger partial charge in [-0.15, -0.1) is 0 Å². The van der Waals surface area contributed by atoms with E-state index in [9.17, 15) is 9.59 Å². The van der Waals surface area contributed by atoms with Gasteiger partial charge in [0.25, 0.3) is 5.56 Å². The lowest BCUT2D eigenvalue weighted by molar-refractivity contribution is 0.102. The van der Waals surface area contributed by atoms with Crippen molar-refractivity contribution < 1.29 is 14.3 Å². The first-order chi connectivity index (χ1) is 16.0. The summed E-state index contributed by atoms with van der Waals surface area (Å²) in [4.78, 5) is 31.1. The van der Waals surface area contributed by atoms with Crippen LogP contribution in [0.25, 0.3) is 10.9 Å². The minimum atomic E-state index is -0.241. The first-order valence-electron chi connectivity index (χ1n) is 10.5. The van der Waals surface area contributed by atoms with E-state index < -0.39 is 0 Å². The van der Waals surface area contributed by atoms with Crippen molar-refractivity contribution in [1.29, 1.82) is 0 Å². The van der Waals surface area contributed by atoms with E-state index in [4.69, 9.17) is 14.5 Å². The van der Waals surface area contributed by atoms with Gasteiger partial charge in [-0.2, -0.15) is 0 Å². The molecule has 0 fully saturated rings. The summed E-state index contributed by atoms with van der Waals surface area (Å²) >= 11 is 1.26. The first kappa shape index (κ1) is 22.6. The standard InChI is InChI=1S/C26H24N2O4S/c1-17(18-9-5-4-6-10-18)28-25(30)20-11-7-8-12-21(20)27-26(28)33-16-22(29)19-13-14-23(31-2)24(15-19)32-3/h4-15,17H,16H2,1-3H3/t17-/m1/s1. The van der Waals surface area contributed by atoms with Gasteiger partial charge in [-0.25, -0.2) is 4.98 Å². The monoisotopic (exact) mass is 460 g/mol. The third kappa shape index (κ3) is 4.64. The van der Waals surface area contributed by atoms with Gasteiger partial charge in [0.05, 0.1) is 36.9 Å². The fourth-order valence-electron chi connectivity index (χ4n) is 3.67. The van der Waals surface area contributed by atoms with E-state index in [1.165, 1.54) is 18.9 Å². The predicted molar refractivity (Wildman–Crippen MR) is 131 cm³/mol. The number of ketones is 1. The molecule has 1 atom stereocenters. The number of carbonyl (C=O) groups excluding carboxylic acids is 1. The van der Waals surface area contributed by atoms with Crippen LogP contribution in [0, 0.1) is 0 Å². The van der Waals surface area contributed by atoms with Gasteiger partial charge in [0.2, 0.25) is 0 Å². The highest BCUT2D eigenvalue weighted by atomic mass is 32.2. The predicted octanol–water partition coefficient (Wildman–Crippen LogP) is 5.00. The third-order valence-electron chi connectivity index (χ3n) is 5.48.